The molecule has 0 aliphatic rings. The third-order valence-corrected chi connectivity index (χ3v) is 4.81. The number of carbonyl (C=O) groups excluding carboxylic acids is 2. The molecule has 0 spiro atoms. The Morgan fingerprint density at radius 1 is 0.885 bits per heavy atom. The molecule has 0 aliphatic heterocycles. The van der Waals surface area contributed by atoms with Gasteiger partial charge < -0.3 is 9.47 Å². The Kier molecular flexibility index (Phi) is 9.39. The Morgan fingerprint density at radius 3 is 1.88 bits per heavy atom. The fourth-order valence-corrected chi connectivity index (χ4v) is 2.64. The predicted molar refractivity (Wildman–Crippen MR) is 105 cm³/mol. The molecule has 2 unspecified atom stereocenters. The molecule has 0 saturated heterocycles. The van der Waals surface area contributed by atoms with Crippen molar-refractivity contribution in [3.05, 3.63) is 23.3 Å². The van der Waals surface area contributed by atoms with Gasteiger partial charge in [0, 0.05) is 6.07 Å². The fraction of sp³-hybridized carbons (Fsp3) is 0.636. The van der Waals surface area contributed by atoms with Crippen LogP contribution in [-0.2, 0) is 9.59 Å². The van der Waals surface area contributed by atoms with Gasteiger partial charge in [0.15, 0.2) is 0 Å². The molecule has 1 rings (SSSR count). The number of esters is 2. The zero-order valence-electron chi connectivity index (χ0n) is 17.2. The minimum Gasteiger partial charge on any atom is -0.426 e. The van der Waals surface area contributed by atoms with Crippen LogP contribution in [0, 0.1) is 25.7 Å². The minimum atomic E-state index is -0.240. The molecule has 0 amide bonds. The van der Waals surface area contributed by atoms with Crippen LogP contribution in [0.25, 0.3) is 0 Å². The predicted octanol–water partition coefficient (Wildman–Crippen LogP) is 5.77. The average Bonchev–Trinajstić information content (AvgIpc) is 2.61. The van der Waals surface area contributed by atoms with Crippen LogP contribution in [-0.4, -0.2) is 11.9 Å². The molecule has 4 heteroatoms. The molecular weight excluding hydrogens is 328 g/mol. The van der Waals surface area contributed by atoms with E-state index in [1.54, 1.807) is 6.07 Å². The summed E-state index contributed by atoms with van der Waals surface area (Å²) in [4.78, 5) is 24.6. The molecule has 4 nitrogen and oxygen atoms in total. The van der Waals surface area contributed by atoms with Crippen LogP contribution in [0.2, 0.25) is 0 Å². The Bertz CT molecular complexity index is 606. The first-order chi connectivity index (χ1) is 12.3. The lowest BCUT2D eigenvalue weighted by Gasteiger charge is -2.16. The van der Waals surface area contributed by atoms with Crippen LogP contribution in [0.4, 0.5) is 0 Å². The summed E-state index contributed by atoms with van der Waals surface area (Å²) in [6, 6.07) is 3.47. The molecule has 0 fully saturated rings. The zero-order chi connectivity index (χ0) is 19.7. The maximum Gasteiger partial charge on any atom is 0.314 e. The Labute approximate surface area is 158 Å². The second kappa shape index (κ2) is 11.0. The van der Waals surface area contributed by atoms with Crippen LogP contribution >= 0.6 is 0 Å². The number of hydrogen-bond acceptors (Lipinski definition) is 4. The molecule has 0 bridgehead atoms. The fourth-order valence-electron chi connectivity index (χ4n) is 2.64. The molecule has 2 atom stereocenters. The molecule has 1 aromatic carbocycles. The molecule has 0 aliphatic carbocycles. The van der Waals surface area contributed by atoms with Gasteiger partial charge in [0.1, 0.15) is 11.5 Å². The zero-order valence-corrected chi connectivity index (χ0v) is 17.2. The molecule has 1 aromatic rings. The standard InChI is InChI=1S/C22H34O4/c1-7-9-11-15(3)21(23)25-19-13-17(5)18(6)20(14-19)26-22(24)16(4)12-10-8-2/h13-16H,7-12H2,1-6H3. The summed E-state index contributed by atoms with van der Waals surface area (Å²) in [5, 5.41) is 0. The molecule has 146 valence electrons. The van der Waals surface area contributed by atoms with E-state index < -0.39 is 0 Å². The van der Waals surface area contributed by atoms with Crippen molar-refractivity contribution >= 4 is 11.9 Å². The van der Waals surface area contributed by atoms with Crippen molar-refractivity contribution in [2.24, 2.45) is 11.8 Å². The number of aryl methyl sites for hydroxylation is 1. The number of ether oxygens (including phenoxy) is 2. The third kappa shape index (κ3) is 6.81. The van der Waals surface area contributed by atoms with Crippen LogP contribution in [0.1, 0.15) is 77.3 Å². The maximum absolute atomic E-state index is 12.3. The molecular formula is C22H34O4. The second-order valence-corrected chi connectivity index (χ2v) is 7.29. The van der Waals surface area contributed by atoms with E-state index in [2.05, 4.69) is 13.8 Å². The van der Waals surface area contributed by atoms with Gasteiger partial charge in [0.2, 0.25) is 0 Å². The quantitative estimate of drug-likeness (QED) is 0.392. The number of unbranched alkanes of at least 4 members (excludes halogenated alkanes) is 2. The van der Waals surface area contributed by atoms with E-state index in [1.807, 2.05) is 33.8 Å². The largest absolute Gasteiger partial charge is 0.426 e. The monoisotopic (exact) mass is 362 g/mol. The van der Waals surface area contributed by atoms with Crippen molar-refractivity contribution in [1.82, 2.24) is 0 Å². The normalized spacial score (nSPS) is 13.2. The summed E-state index contributed by atoms with van der Waals surface area (Å²) in [5.41, 5.74) is 1.82. The van der Waals surface area contributed by atoms with Crippen LogP contribution < -0.4 is 9.47 Å². The summed E-state index contributed by atoms with van der Waals surface area (Å²) in [5.74, 6) is 0.149. The maximum atomic E-state index is 12.3. The summed E-state index contributed by atoms with van der Waals surface area (Å²) < 4.78 is 11.1. The Morgan fingerprint density at radius 2 is 1.38 bits per heavy atom. The first-order valence-corrected chi connectivity index (χ1v) is 9.84. The highest BCUT2D eigenvalue weighted by Gasteiger charge is 2.19. The summed E-state index contributed by atoms with van der Waals surface area (Å²) >= 11 is 0. The first kappa shape index (κ1) is 22.2. The lowest BCUT2D eigenvalue weighted by molar-refractivity contribution is -0.139. The molecule has 0 radical (unpaired) electrons. The van der Waals surface area contributed by atoms with Gasteiger partial charge in [-0.1, -0.05) is 53.4 Å². The topological polar surface area (TPSA) is 52.6 Å². The van der Waals surface area contributed by atoms with Gasteiger partial charge >= 0.3 is 11.9 Å². The van der Waals surface area contributed by atoms with Gasteiger partial charge in [-0.15, -0.1) is 0 Å². The van der Waals surface area contributed by atoms with E-state index in [-0.39, 0.29) is 23.8 Å². The number of carbonyl (C=O) groups is 2. The van der Waals surface area contributed by atoms with Gasteiger partial charge in [-0.2, -0.15) is 0 Å². The van der Waals surface area contributed by atoms with E-state index in [4.69, 9.17) is 9.47 Å². The number of rotatable bonds is 10. The SMILES string of the molecule is CCCCC(C)C(=O)Oc1cc(C)c(C)c(OC(=O)C(C)CCCC)c1. The van der Waals surface area contributed by atoms with E-state index in [9.17, 15) is 9.59 Å². The van der Waals surface area contributed by atoms with E-state index in [0.29, 0.717) is 11.5 Å². The highest BCUT2D eigenvalue weighted by atomic mass is 16.5. The molecule has 26 heavy (non-hydrogen) atoms. The Balaban J connectivity index is 2.85. The van der Waals surface area contributed by atoms with Crippen molar-refractivity contribution in [2.45, 2.75) is 80.1 Å². The van der Waals surface area contributed by atoms with Crippen molar-refractivity contribution < 1.29 is 19.1 Å². The van der Waals surface area contributed by atoms with Gasteiger partial charge in [-0.05, 0) is 43.9 Å². The van der Waals surface area contributed by atoms with E-state index in [0.717, 1.165) is 49.7 Å². The number of benzene rings is 1. The molecule has 0 saturated carbocycles. The molecule has 0 N–H and O–H groups in total. The Hall–Kier alpha value is -1.84. The third-order valence-electron chi connectivity index (χ3n) is 4.81. The van der Waals surface area contributed by atoms with Gasteiger partial charge in [-0.3, -0.25) is 9.59 Å². The van der Waals surface area contributed by atoms with Crippen molar-refractivity contribution in [2.75, 3.05) is 0 Å². The molecule has 0 aromatic heterocycles. The second-order valence-electron chi connectivity index (χ2n) is 7.29. The number of hydrogen-bond donors (Lipinski definition) is 0. The van der Waals surface area contributed by atoms with Gasteiger partial charge in [-0.25, -0.2) is 0 Å². The summed E-state index contributed by atoms with van der Waals surface area (Å²) in [6.07, 6.45) is 5.74. The van der Waals surface area contributed by atoms with Crippen molar-refractivity contribution in [3.63, 3.8) is 0 Å². The lowest BCUT2D eigenvalue weighted by Crippen LogP contribution is -2.19. The summed E-state index contributed by atoms with van der Waals surface area (Å²) in [7, 11) is 0. The van der Waals surface area contributed by atoms with E-state index in [1.165, 1.54) is 0 Å². The van der Waals surface area contributed by atoms with Crippen LogP contribution in [0.15, 0.2) is 12.1 Å². The van der Waals surface area contributed by atoms with Crippen LogP contribution in [0.5, 0.6) is 11.5 Å². The molecule has 0 heterocycles. The smallest absolute Gasteiger partial charge is 0.314 e. The lowest BCUT2D eigenvalue weighted by atomic mass is 10.0. The first-order valence-electron chi connectivity index (χ1n) is 9.84. The average molecular weight is 363 g/mol. The highest BCUT2D eigenvalue weighted by Crippen LogP contribution is 2.29. The minimum absolute atomic E-state index is 0.142. The van der Waals surface area contributed by atoms with Crippen molar-refractivity contribution in [1.29, 1.82) is 0 Å². The van der Waals surface area contributed by atoms with Crippen LogP contribution in [0.3, 0.4) is 0 Å². The van der Waals surface area contributed by atoms with Gasteiger partial charge in [0.05, 0.1) is 11.8 Å². The summed E-state index contributed by atoms with van der Waals surface area (Å²) in [6.45, 7) is 11.8. The van der Waals surface area contributed by atoms with E-state index >= 15 is 0 Å². The highest BCUT2D eigenvalue weighted by molar-refractivity contribution is 5.77. The van der Waals surface area contributed by atoms with Gasteiger partial charge in [0.25, 0.3) is 0 Å². The van der Waals surface area contributed by atoms with Crippen molar-refractivity contribution in [3.8, 4) is 11.5 Å².